The zero-order chi connectivity index (χ0) is 14.9. The molecule has 0 bridgehead atoms. The van der Waals surface area contributed by atoms with Crippen LogP contribution in [0, 0.1) is 6.92 Å². The standard InChI is InChI=1S/C15H21N3O2S/c1-12-4-3-5-13(10-12)20-8-6-14-17-18-15(21-14)11-16-7-9-19-2/h3-5,10,16H,6-9,11H2,1-2H3. The fourth-order valence-corrected chi connectivity index (χ4v) is 2.59. The van der Waals surface area contributed by atoms with Gasteiger partial charge in [-0.25, -0.2) is 0 Å². The van der Waals surface area contributed by atoms with Gasteiger partial charge in [0.2, 0.25) is 0 Å². The van der Waals surface area contributed by atoms with Gasteiger partial charge in [0.15, 0.2) is 0 Å². The summed E-state index contributed by atoms with van der Waals surface area (Å²) in [5, 5.41) is 13.6. The molecule has 0 spiro atoms. The summed E-state index contributed by atoms with van der Waals surface area (Å²) in [5.74, 6) is 0.904. The Morgan fingerprint density at radius 2 is 2.05 bits per heavy atom. The first-order valence-electron chi connectivity index (χ1n) is 6.98. The van der Waals surface area contributed by atoms with Gasteiger partial charge in [-0.1, -0.05) is 12.1 Å². The average Bonchev–Trinajstić information content (AvgIpc) is 2.92. The number of nitrogens with zero attached hydrogens (tertiary/aromatic N) is 2. The smallest absolute Gasteiger partial charge is 0.131 e. The fourth-order valence-electron chi connectivity index (χ4n) is 1.79. The molecule has 0 unspecified atom stereocenters. The predicted molar refractivity (Wildman–Crippen MR) is 83.9 cm³/mol. The Morgan fingerprint density at radius 3 is 2.86 bits per heavy atom. The van der Waals surface area contributed by atoms with E-state index in [4.69, 9.17) is 9.47 Å². The molecule has 1 N–H and O–H groups in total. The van der Waals surface area contributed by atoms with Crippen molar-refractivity contribution in [2.45, 2.75) is 19.9 Å². The molecule has 0 saturated heterocycles. The second kappa shape index (κ2) is 8.71. The van der Waals surface area contributed by atoms with Gasteiger partial charge in [0.25, 0.3) is 0 Å². The lowest BCUT2D eigenvalue weighted by Crippen LogP contribution is -2.18. The van der Waals surface area contributed by atoms with Gasteiger partial charge in [0.1, 0.15) is 15.8 Å². The van der Waals surface area contributed by atoms with E-state index in [9.17, 15) is 0 Å². The number of hydrogen-bond acceptors (Lipinski definition) is 6. The zero-order valence-corrected chi connectivity index (χ0v) is 13.3. The van der Waals surface area contributed by atoms with Crippen molar-refractivity contribution < 1.29 is 9.47 Å². The van der Waals surface area contributed by atoms with Crippen LogP contribution in [0.2, 0.25) is 0 Å². The van der Waals surface area contributed by atoms with Crippen molar-refractivity contribution in [3.8, 4) is 5.75 Å². The van der Waals surface area contributed by atoms with E-state index in [2.05, 4.69) is 28.5 Å². The normalized spacial score (nSPS) is 10.8. The molecule has 1 aromatic heterocycles. The van der Waals surface area contributed by atoms with E-state index in [-0.39, 0.29) is 0 Å². The minimum Gasteiger partial charge on any atom is -0.493 e. The number of methoxy groups -OCH3 is 1. The van der Waals surface area contributed by atoms with Crippen molar-refractivity contribution >= 4 is 11.3 Å². The molecule has 0 fully saturated rings. The highest BCUT2D eigenvalue weighted by molar-refractivity contribution is 7.11. The summed E-state index contributed by atoms with van der Waals surface area (Å²) in [4.78, 5) is 0. The van der Waals surface area contributed by atoms with E-state index in [0.717, 1.165) is 35.3 Å². The molecule has 5 nitrogen and oxygen atoms in total. The summed E-state index contributed by atoms with van der Waals surface area (Å²) in [6.07, 6.45) is 0.781. The molecule has 0 aliphatic rings. The first-order valence-corrected chi connectivity index (χ1v) is 7.80. The van der Waals surface area contributed by atoms with E-state index in [1.54, 1.807) is 18.4 Å². The highest BCUT2D eigenvalue weighted by Gasteiger charge is 2.04. The highest BCUT2D eigenvalue weighted by atomic mass is 32.1. The Kier molecular flexibility index (Phi) is 6.59. The van der Waals surface area contributed by atoms with Gasteiger partial charge in [0, 0.05) is 26.6 Å². The minimum absolute atomic E-state index is 0.620. The molecule has 0 aliphatic carbocycles. The van der Waals surface area contributed by atoms with Crippen molar-refractivity contribution in [2.24, 2.45) is 0 Å². The summed E-state index contributed by atoms with van der Waals surface area (Å²) < 4.78 is 10.7. The van der Waals surface area contributed by atoms with Crippen molar-refractivity contribution in [3.05, 3.63) is 39.8 Å². The van der Waals surface area contributed by atoms with Crippen molar-refractivity contribution in [2.75, 3.05) is 26.9 Å². The quantitative estimate of drug-likeness (QED) is 0.720. The average molecular weight is 307 g/mol. The molecule has 21 heavy (non-hydrogen) atoms. The molecule has 0 radical (unpaired) electrons. The lowest BCUT2D eigenvalue weighted by Gasteiger charge is -2.04. The molecule has 114 valence electrons. The molecule has 0 atom stereocenters. The number of ether oxygens (including phenoxy) is 2. The molecule has 6 heteroatoms. The first-order chi connectivity index (χ1) is 10.3. The number of aromatic nitrogens is 2. The molecule has 0 saturated carbocycles. The molecular weight excluding hydrogens is 286 g/mol. The van der Waals surface area contributed by atoms with Crippen LogP contribution in [-0.2, 0) is 17.7 Å². The van der Waals surface area contributed by atoms with Gasteiger partial charge in [-0.3, -0.25) is 0 Å². The molecule has 0 amide bonds. The van der Waals surface area contributed by atoms with Crippen LogP contribution in [0.5, 0.6) is 5.75 Å². The maximum atomic E-state index is 5.72. The van der Waals surface area contributed by atoms with E-state index in [1.165, 1.54) is 5.56 Å². The molecule has 1 aromatic carbocycles. The van der Waals surface area contributed by atoms with Gasteiger partial charge in [-0.2, -0.15) is 0 Å². The Labute approximate surface area is 129 Å². The van der Waals surface area contributed by atoms with Crippen LogP contribution in [0.4, 0.5) is 0 Å². The predicted octanol–water partition coefficient (Wildman–Crippen LogP) is 2.20. The third-order valence-corrected chi connectivity index (χ3v) is 3.83. The number of benzene rings is 1. The number of hydrogen-bond donors (Lipinski definition) is 1. The van der Waals surface area contributed by atoms with Crippen molar-refractivity contribution in [1.29, 1.82) is 0 Å². The van der Waals surface area contributed by atoms with Crippen LogP contribution in [0.3, 0.4) is 0 Å². The SMILES string of the molecule is COCCNCc1nnc(CCOc2cccc(C)c2)s1. The van der Waals surface area contributed by atoms with Crippen LogP contribution in [0.25, 0.3) is 0 Å². The van der Waals surface area contributed by atoms with Crippen LogP contribution < -0.4 is 10.1 Å². The molecule has 1 heterocycles. The van der Waals surface area contributed by atoms with Crippen molar-refractivity contribution in [3.63, 3.8) is 0 Å². The van der Waals surface area contributed by atoms with Crippen LogP contribution in [0.1, 0.15) is 15.6 Å². The van der Waals surface area contributed by atoms with E-state index in [0.29, 0.717) is 13.2 Å². The summed E-state index contributed by atoms with van der Waals surface area (Å²) in [5.41, 5.74) is 1.20. The maximum absolute atomic E-state index is 5.72. The van der Waals surface area contributed by atoms with Gasteiger partial charge in [-0.15, -0.1) is 21.5 Å². The number of rotatable bonds is 9. The van der Waals surface area contributed by atoms with Gasteiger partial charge >= 0.3 is 0 Å². The minimum atomic E-state index is 0.620. The summed E-state index contributed by atoms with van der Waals surface area (Å²) in [6, 6.07) is 8.06. The second-order valence-corrected chi connectivity index (χ2v) is 5.82. The topological polar surface area (TPSA) is 56.3 Å². The van der Waals surface area contributed by atoms with Crippen molar-refractivity contribution in [1.82, 2.24) is 15.5 Å². The molecular formula is C15H21N3O2S. The molecule has 2 rings (SSSR count). The fraction of sp³-hybridized carbons (Fsp3) is 0.467. The van der Waals surface area contributed by atoms with Crippen LogP contribution in [0.15, 0.2) is 24.3 Å². The van der Waals surface area contributed by atoms with Crippen LogP contribution >= 0.6 is 11.3 Å². The van der Waals surface area contributed by atoms with E-state index < -0.39 is 0 Å². The largest absolute Gasteiger partial charge is 0.493 e. The summed E-state index contributed by atoms with van der Waals surface area (Å²) in [6.45, 7) is 4.94. The van der Waals surface area contributed by atoms with Gasteiger partial charge in [-0.05, 0) is 24.6 Å². The summed E-state index contributed by atoms with van der Waals surface area (Å²) in [7, 11) is 1.69. The Balaban J connectivity index is 1.70. The Morgan fingerprint density at radius 1 is 1.19 bits per heavy atom. The Hall–Kier alpha value is -1.50. The lowest BCUT2D eigenvalue weighted by molar-refractivity contribution is 0.199. The Bertz CT molecular complexity index is 545. The van der Waals surface area contributed by atoms with Crippen LogP contribution in [-0.4, -0.2) is 37.1 Å². The third kappa shape index (κ3) is 5.79. The summed E-state index contributed by atoms with van der Waals surface area (Å²) >= 11 is 1.62. The number of aryl methyl sites for hydroxylation is 1. The number of nitrogens with one attached hydrogen (secondary N) is 1. The lowest BCUT2D eigenvalue weighted by atomic mass is 10.2. The van der Waals surface area contributed by atoms with E-state index >= 15 is 0 Å². The molecule has 2 aromatic rings. The second-order valence-electron chi connectivity index (χ2n) is 4.67. The highest BCUT2D eigenvalue weighted by Crippen LogP contribution is 2.14. The van der Waals surface area contributed by atoms with Gasteiger partial charge in [0.05, 0.1) is 13.2 Å². The van der Waals surface area contributed by atoms with Gasteiger partial charge < -0.3 is 14.8 Å². The first kappa shape index (κ1) is 15.9. The van der Waals surface area contributed by atoms with E-state index in [1.807, 2.05) is 18.2 Å². The monoisotopic (exact) mass is 307 g/mol. The third-order valence-electron chi connectivity index (χ3n) is 2.84. The molecule has 0 aliphatic heterocycles. The zero-order valence-electron chi connectivity index (χ0n) is 12.5. The maximum Gasteiger partial charge on any atom is 0.131 e.